The van der Waals surface area contributed by atoms with Crippen LogP contribution in [0, 0.1) is 11.8 Å². The minimum atomic E-state index is -0.730. The maximum absolute atomic E-state index is 13.6. The maximum Gasteiger partial charge on any atom is 0.258 e. The van der Waals surface area contributed by atoms with Gasteiger partial charge in [-0.2, -0.15) is 0 Å². The van der Waals surface area contributed by atoms with Gasteiger partial charge >= 0.3 is 0 Å². The predicted octanol–water partition coefficient (Wildman–Crippen LogP) is 1.56. The fraction of sp³-hybridized carbons (Fsp3) is 0.640. The summed E-state index contributed by atoms with van der Waals surface area (Å²) in [5.41, 5.74) is 2.54. The van der Waals surface area contributed by atoms with Crippen LogP contribution in [-0.4, -0.2) is 70.7 Å². The van der Waals surface area contributed by atoms with Gasteiger partial charge < -0.3 is 24.2 Å². The average molecular weight is 456 g/mol. The van der Waals surface area contributed by atoms with Gasteiger partial charge in [0.05, 0.1) is 6.04 Å². The Hall–Kier alpha value is -2.45. The van der Waals surface area contributed by atoms with Gasteiger partial charge in [-0.15, -0.1) is 0 Å². The number of hydrogen-bond acceptors (Lipinski definition) is 5. The van der Waals surface area contributed by atoms with Crippen LogP contribution >= 0.6 is 0 Å². The van der Waals surface area contributed by atoms with Crippen LogP contribution in [-0.2, 0) is 20.9 Å². The Labute approximate surface area is 193 Å². The number of aromatic nitrogens is 1. The zero-order chi connectivity index (χ0) is 23.1. The van der Waals surface area contributed by atoms with Crippen LogP contribution in [0.25, 0.3) is 5.57 Å². The Morgan fingerprint density at radius 2 is 1.94 bits per heavy atom. The predicted molar refractivity (Wildman–Crippen MR) is 122 cm³/mol. The van der Waals surface area contributed by atoms with Crippen molar-refractivity contribution in [3.8, 4) is 0 Å². The van der Waals surface area contributed by atoms with Crippen LogP contribution in [0.15, 0.2) is 23.0 Å². The van der Waals surface area contributed by atoms with Crippen LogP contribution < -0.4 is 5.56 Å². The molecule has 8 heteroatoms. The van der Waals surface area contributed by atoms with Crippen LogP contribution in [0.5, 0.6) is 0 Å². The van der Waals surface area contributed by atoms with Crippen molar-refractivity contribution in [1.29, 1.82) is 0 Å². The molecule has 2 fully saturated rings. The molecule has 0 radical (unpaired) electrons. The number of methoxy groups -OCH3 is 1. The number of amides is 2. The van der Waals surface area contributed by atoms with E-state index in [1.54, 1.807) is 9.47 Å². The number of hydrogen-bond donors (Lipinski definition) is 1. The Kier molecular flexibility index (Phi) is 6.14. The second-order valence-corrected chi connectivity index (χ2v) is 9.73. The number of pyridine rings is 1. The third-order valence-corrected chi connectivity index (χ3v) is 7.94. The highest BCUT2D eigenvalue weighted by atomic mass is 16.5. The van der Waals surface area contributed by atoms with Crippen molar-refractivity contribution >= 4 is 17.4 Å². The van der Waals surface area contributed by atoms with Gasteiger partial charge in [0.25, 0.3) is 5.56 Å². The minimum absolute atomic E-state index is 0.0372. The smallest absolute Gasteiger partial charge is 0.258 e. The molecule has 1 N–H and O–H groups in total. The van der Waals surface area contributed by atoms with E-state index < -0.39 is 18.0 Å². The minimum Gasteiger partial charge on any atom is -0.396 e. The number of nitrogens with zero attached hydrogens (tertiary/aromatic N) is 3. The third kappa shape index (κ3) is 3.64. The lowest BCUT2D eigenvalue weighted by Crippen LogP contribution is -2.53. The molecule has 0 aromatic carbocycles. The second kappa shape index (κ2) is 9.06. The lowest BCUT2D eigenvalue weighted by atomic mass is 9.88. The number of piperidine rings is 1. The van der Waals surface area contributed by atoms with Crippen molar-refractivity contribution in [2.45, 2.75) is 57.2 Å². The van der Waals surface area contributed by atoms with Crippen molar-refractivity contribution in [2.24, 2.45) is 11.8 Å². The second-order valence-electron chi connectivity index (χ2n) is 9.73. The van der Waals surface area contributed by atoms with E-state index in [4.69, 9.17) is 4.74 Å². The van der Waals surface area contributed by atoms with E-state index in [-0.39, 0.29) is 36.5 Å². The summed E-state index contributed by atoms with van der Waals surface area (Å²) in [6.45, 7) is 1.43. The quantitative estimate of drug-likeness (QED) is 0.728. The summed E-state index contributed by atoms with van der Waals surface area (Å²) in [6, 6.07) is 2.67. The zero-order valence-electron chi connectivity index (χ0n) is 19.2. The largest absolute Gasteiger partial charge is 0.396 e. The molecule has 178 valence electrons. The first-order valence-corrected chi connectivity index (χ1v) is 12.2. The summed E-state index contributed by atoms with van der Waals surface area (Å²) in [6.07, 6.45) is 8.12. The molecule has 2 saturated heterocycles. The molecular formula is C25H33N3O5. The Morgan fingerprint density at radius 3 is 2.61 bits per heavy atom. The number of rotatable bonds is 5. The number of likely N-dealkylation sites (tertiary alicyclic amines) is 2. The molecule has 0 saturated carbocycles. The molecule has 5 rings (SSSR count). The molecule has 1 aliphatic carbocycles. The van der Waals surface area contributed by atoms with Crippen LogP contribution in [0.2, 0.25) is 0 Å². The van der Waals surface area contributed by atoms with Crippen LogP contribution in [0.4, 0.5) is 0 Å². The number of fused-ring (bicyclic) bond motifs is 3. The molecule has 2 amide bonds. The van der Waals surface area contributed by atoms with E-state index in [0.29, 0.717) is 19.6 Å². The van der Waals surface area contributed by atoms with Gasteiger partial charge in [-0.05, 0) is 56.2 Å². The Morgan fingerprint density at radius 1 is 1.15 bits per heavy atom. The molecule has 33 heavy (non-hydrogen) atoms. The Bertz CT molecular complexity index is 1030. The molecule has 4 atom stereocenters. The fourth-order valence-corrected chi connectivity index (χ4v) is 6.41. The van der Waals surface area contributed by atoms with Crippen LogP contribution in [0.3, 0.4) is 0 Å². The van der Waals surface area contributed by atoms with Gasteiger partial charge in [-0.3, -0.25) is 14.4 Å². The first-order valence-electron chi connectivity index (χ1n) is 12.2. The highest BCUT2D eigenvalue weighted by molar-refractivity contribution is 5.90. The summed E-state index contributed by atoms with van der Waals surface area (Å²) >= 11 is 0. The van der Waals surface area contributed by atoms with E-state index in [9.17, 15) is 19.5 Å². The van der Waals surface area contributed by atoms with Gasteiger partial charge in [-0.1, -0.05) is 6.08 Å². The molecule has 0 unspecified atom stereocenters. The molecule has 4 heterocycles. The number of aliphatic hydroxyl groups excluding tert-OH is 1. The van der Waals surface area contributed by atoms with Crippen molar-refractivity contribution in [3.05, 3.63) is 39.8 Å². The molecular weight excluding hydrogens is 422 g/mol. The summed E-state index contributed by atoms with van der Waals surface area (Å²) in [5, 5.41) is 10.4. The average Bonchev–Trinajstić information content (AvgIpc) is 3.55. The first-order chi connectivity index (χ1) is 16.1. The van der Waals surface area contributed by atoms with E-state index >= 15 is 0 Å². The normalized spacial score (nSPS) is 28.6. The summed E-state index contributed by atoms with van der Waals surface area (Å²) in [4.78, 5) is 43.8. The molecule has 0 spiro atoms. The fourth-order valence-electron chi connectivity index (χ4n) is 6.41. The van der Waals surface area contributed by atoms with E-state index in [1.807, 2.05) is 17.0 Å². The molecule has 1 aromatic heterocycles. The SMILES string of the molecule is COCC(=O)N1[C@H](C(=O)N2CCCCC2)[C@@H](CO)[C@@H]2Cn3c(ccc(C4=CCCC4)c3=O)[C@@H]21. The number of aliphatic hydroxyl groups is 1. The molecule has 0 bridgehead atoms. The van der Waals surface area contributed by atoms with Gasteiger partial charge in [0.15, 0.2) is 0 Å². The van der Waals surface area contributed by atoms with Crippen molar-refractivity contribution < 1.29 is 19.4 Å². The van der Waals surface area contributed by atoms with E-state index in [0.717, 1.165) is 55.4 Å². The number of allylic oxidation sites excluding steroid dienone is 2. The number of carbonyl (C=O) groups is 2. The molecule has 1 aromatic rings. The standard InChI is InChI=1S/C25H33N3O5/c1-33-15-21(30)28-22-18(19(14-29)23(28)25(32)26-11-5-2-6-12-26)13-27-20(22)10-9-17(24(27)31)16-7-3-4-8-16/h7,9-10,18-19,22-23,29H,2-6,8,11-15H2,1H3/t18-,19-,22+,23-/m0/s1. The first kappa shape index (κ1) is 22.3. The van der Waals surface area contributed by atoms with Gasteiger partial charge in [-0.25, -0.2) is 0 Å². The molecule has 4 aliphatic rings. The van der Waals surface area contributed by atoms with Crippen molar-refractivity contribution in [3.63, 3.8) is 0 Å². The summed E-state index contributed by atoms with van der Waals surface area (Å²) in [5.74, 6) is -0.967. The van der Waals surface area contributed by atoms with Gasteiger partial charge in [0, 0.05) is 56.4 Å². The number of ether oxygens (including phenoxy) is 1. The van der Waals surface area contributed by atoms with Crippen molar-refractivity contribution in [2.75, 3.05) is 33.4 Å². The summed E-state index contributed by atoms with van der Waals surface area (Å²) < 4.78 is 6.92. The molecule has 8 nitrogen and oxygen atoms in total. The topological polar surface area (TPSA) is 92.1 Å². The van der Waals surface area contributed by atoms with E-state index in [2.05, 4.69) is 6.08 Å². The Balaban J connectivity index is 1.55. The highest BCUT2D eigenvalue weighted by Crippen LogP contribution is 2.49. The monoisotopic (exact) mass is 455 g/mol. The zero-order valence-corrected chi connectivity index (χ0v) is 19.2. The number of carbonyl (C=O) groups excluding carboxylic acids is 2. The third-order valence-electron chi connectivity index (χ3n) is 7.94. The van der Waals surface area contributed by atoms with Crippen molar-refractivity contribution in [1.82, 2.24) is 14.4 Å². The molecule has 3 aliphatic heterocycles. The van der Waals surface area contributed by atoms with E-state index in [1.165, 1.54) is 7.11 Å². The van der Waals surface area contributed by atoms with Gasteiger partial charge in [0.1, 0.15) is 12.6 Å². The highest BCUT2D eigenvalue weighted by Gasteiger charge is 2.57. The lowest BCUT2D eigenvalue weighted by Gasteiger charge is -2.36. The lowest BCUT2D eigenvalue weighted by molar-refractivity contribution is -0.149. The maximum atomic E-state index is 13.6. The summed E-state index contributed by atoms with van der Waals surface area (Å²) in [7, 11) is 1.46. The van der Waals surface area contributed by atoms with Crippen LogP contribution in [0.1, 0.15) is 55.8 Å². The van der Waals surface area contributed by atoms with Gasteiger partial charge in [0.2, 0.25) is 11.8 Å².